The van der Waals surface area contributed by atoms with Gasteiger partial charge in [-0.1, -0.05) is 24.3 Å². The predicted octanol–water partition coefficient (Wildman–Crippen LogP) is 2.92. The summed E-state index contributed by atoms with van der Waals surface area (Å²) >= 11 is 0. The molecule has 0 aromatic carbocycles. The summed E-state index contributed by atoms with van der Waals surface area (Å²) in [4.78, 5) is 0. The minimum Gasteiger partial charge on any atom is -0.330 e. The molecule has 14 heavy (non-hydrogen) atoms. The van der Waals surface area contributed by atoms with Crippen LogP contribution in [-0.2, 0) is 0 Å². The van der Waals surface area contributed by atoms with Gasteiger partial charge < -0.3 is 5.73 Å². The van der Waals surface area contributed by atoms with E-state index in [4.69, 9.17) is 11.0 Å². The SMILES string of the molecule is N#CCC/C=C/CC/C=C/CCCN. The summed E-state index contributed by atoms with van der Waals surface area (Å²) in [7, 11) is 0. The van der Waals surface area contributed by atoms with E-state index < -0.39 is 0 Å². The molecule has 0 saturated heterocycles. The van der Waals surface area contributed by atoms with Gasteiger partial charge in [0.2, 0.25) is 0 Å². The first-order chi connectivity index (χ1) is 6.91. The molecule has 0 radical (unpaired) electrons. The molecule has 78 valence electrons. The molecule has 0 spiro atoms. The van der Waals surface area contributed by atoms with Gasteiger partial charge in [0.25, 0.3) is 0 Å². The van der Waals surface area contributed by atoms with E-state index in [1.807, 2.05) is 0 Å². The van der Waals surface area contributed by atoms with Gasteiger partial charge in [-0.2, -0.15) is 5.26 Å². The number of unbranched alkanes of at least 4 members (excludes halogenated alkanes) is 3. The fourth-order valence-electron chi connectivity index (χ4n) is 1.05. The number of nitriles is 1. The third-order valence-corrected chi connectivity index (χ3v) is 1.83. The van der Waals surface area contributed by atoms with Crippen molar-refractivity contribution < 1.29 is 0 Å². The van der Waals surface area contributed by atoms with Gasteiger partial charge in [0, 0.05) is 6.42 Å². The number of allylic oxidation sites excluding steroid dienone is 4. The average Bonchev–Trinajstić information content (AvgIpc) is 2.21. The standard InChI is InChI=1S/C12H20N2/c13-11-9-7-5-3-1-2-4-6-8-10-12-14/h3-6H,1-2,7-11,13H2/b5-3+,6-4+. The van der Waals surface area contributed by atoms with Crippen molar-refractivity contribution in [3.8, 4) is 6.07 Å². The zero-order chi connectivity index (χ0) is 10.5. The van der Waals surface area contributed by atoms with Crippen LogP contribution >= 0.6 is 0 Å². The number of nitrogens with two attached hydrogens (primary N) is 1. The van der Waals surface area contributed by atoms with E-state index in [-0.39, 0.29) is 0 Å². The lowest BCUT2D eigenvalue weighted by Crippen LogP contribution is -1.96. The van der Waals surface area contributed by atoms with Crippen molar-refractivity contribution in [3.63, 3.8) is 0 Å². The Labute approximate surface area is 87.1 Å². The smallest absolute Gasteiger partial charge is 0.0624 e. The molecule has 2 nitrogen and oxygen atoms in total. The molecule has 0 heterocycles. The normalized spacial score (nSPS) is 11.1. The lowest BCUT2D eigenvalue weighted by Gasteiger charge is -1.89. The van der Waals surface area contributed by atoms with Crippen molar-refractivity contribution in [2.75, 3.05) is 6.54 Å². The summed E-state index contributed by atoms with van der Waals surface area (Å²) < 4.78 is 0. The monoisotopic (exact) mass is 192 g/mol. The number of rotatable bonds is 8. The molecule has 0 aromatic heterocycles. The van der Waals surface area contributed by atoms with Gasteiger partial charge >= 0.3 is 0 Å². The fourth-order valence-corrected chi connectivity index (χ4v) is 1.05. The molecule has 0 rings (SSSR count). The van der Waals surface area contributed by atoms with Crippen molar-refractivity contribution >= 4 is 0 Å². The molecule has 0 aliphatic carbocycles. The van der Waals surface area contributed by atoms with Gasteiger partial charge in [0.05, 0.1) is 6.07 Å². The lowest BCUT2D eigenvalue weighted by atomic mass is 10.2. The molecule has 0 saturated carbocycles. The molecule has 0 bridgehead atoms. The highest BCUT2D eigenvalue weighted by atomic mass is 14.5. The van der Waals surface area contributed by atoms with Crippen LogP contribution in [0.3, 0.4) is 0 Å². The Bertz CT molecular complexity index is 199. The lowest BCUT2D eigenvalue weighted by molar-refractivity contribution is 0.850. The number of nitrogens with zero attached hydrogens (tertiary/aromatic N) is 1. The Hall–Kier alpha value is -1.07. The Morgan fingerprint density at radius 2 is 1.50 bits per heavy atom. The minimum atomic E-state index is 0.628. The largest absolute Gasteiger partial charge is 0.330 e. The number of hydrogen-bond acceptors (Lipinski definition) is 2. The van der Waals surface area contributed by atoms with E-state index in [1.54, 1.807) is 0 Å². The maximum absolute atomic E-state index is 8.28. The second-order valence-corrected chi connectivity index (χ2v) is 3.15. The fraction of sp³-hybridized carbons (Fsp3) is 0.583. The third-order valence-electron chi connectivity index (χ3n) is 1.83. The van der Waals surface area contributed by atoms with Crippen LogP contribution in [-0.4, -0.2) is 6.54 Å². The second-order valence-electron chi connectivity index (χ2n) is 3.15. The first kappa shape index (κ1) is 12.9. The molecular weight excluding hydrogens is 172 g/mol. The van der Waals surface area contributed by atoms with Crippen molar-refractivity contribution in [1.82, 2.24) is 0 Å². The van der Waals surface area contributed by atoms with Crippen LogP contribution in [0.5, 0.6) is 0 Å². The number of hydrogen-bond donors (Lipinski definition) is 1. The van der Waals surface area contributed by atoms with Crippen molar-refractivity contribution in [2.45, 2.75) is 38.5 Å². The van der Waals surface area contributed by atoms with E-state index in [0.717, 1.165) is 38.6 Å². The van der Waals surface area contributed by atoms with E-state index in [9.17, 15) is 0 Å². The maximum Gasteiger partial charge on any atom is 0.0624 e. The summed E-state index contributed by atoms with van der Waals surface area (Å²) in [5.41, 5.74) is 5.37. The highest BCUT2D eigenvalue weighted by Crippen LogP contribution is 1.97. The molecule has 0 aliphatic heterocycles. The first-order valence-corrected chi connectivity index (χ1v) is 5.29. The predicted molar refractivity (Wildman–Crippen MR) is 60.6 cm³/mol. The van der Waals surface area contributed by atoms with Crippen LogP contribution < -0.4 is 5.73 Å². The Balaban J connectivity index is 3.16. The Kier molecular flexibility index (Phi) is 11.0. The van der Waals surface area contributed by atoms with Crippen LogP contribution in [0.1, 0.15) is 38.5 Å². The van der Waals surface area contributed by atoms with Gasteiger partial charge in [-0.25, -0.2) is 0 Å². The molecule has 0 atom stereocenters. The van der Waals surface area contributed by atoms with Gasteiger partial charge in [-0.3, -0.25) is 0 Å². The molecule has 0 amide bonds. The zero-order valence-electron chi connectivity index (χ0n) is 8.78. The van der Waals surface area contributed by atoms with E-state index >= 15 is 0 Å². The maximum atomic E-state index is 8.28. The molecule has 0 fully saturated rings. The summed E-state index contributed by atoms with van der Waals surface area (Å²) in [5.74, 6) is 0. The third kappa shape index (κ3) is 10.9. The van der Waals surface area contributed by atoms with Crippen LogP contribution in [0, 0.1) is 11.3 Å². The second kappa shape index (κ2) is 11.9. The molecule has 2 heteroatoms. The summed E-state index contributed by atoms with van der Waals surface area (Å²) in [5, 5.41) is 8.28. The van der Waals surface area contributed by atoms with Crippen molar-refractivity contribution in [1.29, 1.82) is 5.26 Å². The van der Waals surface area contributed by atoms with Gasteiger partial charge in [-0.05, 0) is 38.6 Å². The van der Waals surface area contributed by atoms with E-state index in [1.165, 1.54) is 0 Å². The molecular formula is C12H20N2. The van der Waals surface area contributed by atoms with E-state index in [0.29, 0.717) is 6.42 Å². The average molecular weight is 192 g/mol. The zero-order valence-corrected chi connectivity index (χ0v) is 8.78. The van der Waals surface area contributed by atoms with E-state index in [2.05, 4.69) is 30.4 Å². The van der Waals surface area contributed by atoms with Crippen molar-refractivity contribution in [3.05, 3.63) is 24.3 Å². The Morgan fingerprint density at radius 1 is 0.929 bits per heavy atom. The topological polar surface area (TPSA) is 49.8 Å². The Morgan fingerprint density at radius 3 is 2.07 bits per heavy atom. The quantitative estimate of drug-likeness (QED) is 0.475. The minimum absolute atomic E-state index is 0.628. The van der Waals surface area contributed by atoms with Crippen LogP contribution in [0.2, 0.25) is 0 Å². The van der Waals surface area contributed by atoms with Gasteiger partial charge in [0.1, 0.15) is 0 Å². The first-order valence-electron chi connectivity index (χ1n) is 5.29. The summed E-state index contributed by atoms with van der Waals surface area (Å²) in [6, 6.07) is 2.12. The van der Waals surface area contributed by atoms with Crippen LogP contribution in [0.4, 0.5) is 0 Å². The molecule has 2 N–H and O–H groups in total. The van der Waals surface area contributed by atoms with Gasteiger partial charge in [0.15, 0.2) is 0 Å². The summed E-state index contributed by atoms with van der Waals surface area (Å²) in [6.07, 6.45) is 14.5. The molecule has 0 aliphatic rings. The van der Waals surface area contributed by atoms with Gasteiger partial charge in [-0.15, -0.1) is 0 Å². The van der Waals surface area contributed by atoms with Crippen LogP contribution in [0.25, 0.3) is 0 Å². The highest BCUT2D eigenvalue weighted by Gasteiger charge is 1.80. The summed E-state index contributed by atoms with van der Waals surface area (Å²) in [6.45, 7) is 0.776. The molecule has 0 aromatic rings. The van der Waals surface area contributed by atoms with Crippen LogP contribution in [0.15, 0.2) is 24.3 Å². The molecule has 0 unspecified atom stereocenters. The van der Waals surface area contributed by atoms with Crippen molar-refractivity contribution in [2.24, 2.45) is 5.73 Å². The highest BCUT2D eigenvalue weighted by molar-refractivity contribution is 4.89.